The standard InChI is InChI=1S/C36H34B2N4O11/c43-31-9-10-32(44)42(31)53-33(45)15-27-11-20-3-1-2-4-23(20)16-40(27)36(48)30-14-26(39-34(46)21-5-7-24-18-51-37(49)28(24)12-21)17-41(30)35(47)22-6-8-25-19-52-38(50)29(25)13-22/h1-8,12-13,26-27,30,49-50H,9-11,14-19H2,(H,39,46)/t26-,27?,30+/m1/s1. The molecule has 3 aromatic carbocycles. The second-order valence-electron chi connectivity index (χ2n) is 13.9. The third kappa shape index (κ3) is 6.61. The van der Waals surface area contributed by atoms with Gasteiger partial charge in [-0.3, -0.25) is 24.0 Å². The Morgan fingerprint density at radius 3 is 2.11 bits per heavy atom. The topological polar surface area (TPSA) is 192 Å². The summed E-state index contributed by atoms with van der Waals surface area (Å²) in [5, 5.41) is 23.9. The molecule has 0 spiro atoms. The molecule has 53 heavy (non-hydrogen) atoms. The number of imide groups is 1. The minimum atomic E-state index is -1.20. The summed E-state index contributed by atoms with van der Waals surface area (Å²) < 4.78 is 10.6. The molecule has 15 nitrogen and oxygen atoms in total. The highest BCUT2D eigenvalue weighted by Gasteiger charge is 2.45. The van der Waals surface area contributed by atoms with E-state index in [9.17, 15) is 38.8 Å². The maximum atomic E-state index is 14.7. The van der Waals surface area contributed by atoms with Crippen LogP contribution in [0.15, 0.2) is 60.7 Å². The summed E-state index contributed by atoms with van der Waals surface area (Å²) in [6, 6.07) is 14.7. The van der Waals surface area contributed by atoms with Gasteiger partial charge in [0.1, 0.15) is 6.04 Å². The molecule has 5 amide bonds. The summed E-state index contributed by atoms with van der Waals surface area (Å²) in [6.07, 6.45) is -0.119. The van der Waals surface area contributed by atoms with Crippen LogP contribution in [0.25, 0.3) is 0 Å². The third-order valence-electron chi connectivity index (χ3n) is 10.5. The van der Waals surface area contributed by atoms with Gasteiger partial charge in [0.15, 0.2) is 0 Å². The van der Waals surface area contributed by atoms with Gasteiger partial charge in [-0.25, -0.2) is 4.79 Å². The smallest absolute Gasteiger partial charge is 0.423 e. The highest BCUT2D eigenvalue weighted by atomic mass is 16.7. The van der Waals surface area contributed by atoms with Gasteiger partial charge in [0.25, 0.3) is 23.6 Å². The molecule has 0 aromatic heterocycles. The van der Waals surface area contributed by atoms with E-state index in [0.717, 1.165) is 22.3 Å². The predicted molar refractivity (Wildman–Crippen MR) is 185 cm³/mol. The van der Waals surface area contributed by atoms with Crippen molar-refractivity contribution in [2.75, 3.05) is 6.54 Å². The molecule has 1 unspecified atom stereocenters. The second-order valence-corrected chi connectivity index (χ2v) is 13.9. The molecule has 270 valence electrons. The van der Waals surface area contributed by atoms with Crippen LogP contribution >= 0.6 is 0 Å². The van der Waals surface area contributed by atoms with Gasteiger partial charge < -0.3 is 39.3 Å². The lowest BCUT2D eigenvalue weighted by molar-refractivity contribution is -0.198. The van der Waals surface area contributed by atoms with Crippen molar-refractivity contribution in [1.29, 1.82) is 0 Å². The zero-order chi connectivity index (χ0) is 37.0. The van der Waals surface area contributed by atoms with E-state index in [0.29, 0.717) is 16.0 Å². The molecular formula is C36H34B2N4O11. The van der Waals surface area contributed by atoms with E-state index in [1.54, 1.807) is 30.3 Å². The number of nitrogens with zero attached hydrogens (tertiary/aromatic N) is 3. The average molecular weight is 720 g/mol. The van der Waals surface area contributed by atoms with Crippen molar-refractivity contribution >= 4 is 60.7 Å². The van der Waals surface area contributed by atoms with Gasteiger partial charge in [0, 0.05) is 49.1 Å². The first-order chi connectivity index (χ1) is 25.5. The Labute approximate surface area is 304 Å². The van der Waals surface area contributed by atoms with Gasteiger partial charge in [-0.05, 0) is 70.3 Å². The first kappa shape index (κ1) is 34.7. The number of likely N-dealkylation sites (tertiary alicyclic amines) is 1. The van der Waals surface area contributed by atoms with Gasteiger partial charge in [0.05, 0.1) is 19.6 Å². The molecule has 0 saturated carbocycles. The zero-order valence-electron chi connectivity index (χ0n) is 28.4. The molecule has 3 N–H and O–H groups in total. The van der Waals surface area contributed by atoms with Crippen molar-refractivity contribution in [2.24, 2.45) is 0 Å². The summed E-state index contributed by atoms with van der Waals surface area (Å²) in [6.45, 7) is 0.508. The maximum Gasteiger partial charge on any atom is 0.491 e. The highest BCUT2D eigenvalue weighted by molar-refractivity contribution is 6.62. The Balaban J connectivity index is 1.07. The maximum absolute atomic E-state index is 14.7. The van der Waals surface area contributed by atoms with Gasteiger partial charge in [-0.2, -0.15) is 0 Å². The number of benzene rings is 3. The third-order valence-corrected chi connectivity index (χ3v) is 10.5. The largest absolute Gasteiger partial charge is 0.491 e. The molecule has 3 atom stereocenters. The number of rotatable bonds is 7. The van der Waals surface area contributed by atoms with E-state index in [-0.39, 0.29) is 69.5 Å². The number of amides is 5. The first-order valence-corrected chi connectivity index (χ1v) is 17.4. The van der Waals surface area contributed by atoms with E-state index >= 15 is 0 Å². The molecule has 3 aromatic rings. The number of carbonyl (C=O) groups excluding carboxylic acids is 6. The lowest BCUT2D eigenvalue weighted by Gasteiger charge is -2.39. The molecule has 5 aliphatic heterocycles. The van der Waals surface area contributed by atoms with Crippen LogP contribution in [-0.4, -0.2) is 99.3 Å². The van der Waals surface area contributed by atoms with Crippen LogP contribution < -0.4 is 16.2 Å². The zero-order valence-corrected chi connectivity index (χ0v) is 28.4. The lowest BCUT2D eigenvalue weighted by atomic mass is 9.78. The Hall–Kier alpha value is -5.35. The molecular weight excluding hydrogens is 686 g/mol. The van der Waals surface area contributed by atoms with Crippen molar-refractivity contribution in [3.63, 3.8) is 0 Å². The lowest BCUT2D eigenvalue weighted by Crippen LogP contribution is -2.53. The minimum absolute atomic E-state index is 0.0237. The summed E-state index contributed by atoms with van der Waals surface area (Å²) >= 11 is 0. The van der Waals surface area contributed by atoms with Crippen LogP contribution in [0.3, 0.4) is 0 Å². The molecule has 5 aliphatic rings. The molecule has 0 bridgehead atoms. The quantitative estimate of drug-likeness (QED) is 0.202. The molecule has 0 aliphatic carbocycles. The van der Waals surface area contributed by atoms with Gasteiger partial charge in [0.2, 0.25) is 5.91 Å². The van der Waals surface area contributed by atoms with Crippen molar-refractivity contribution in [1.82, 2.24) is 20.2 Å². The van der Waals surface area contributed by atoms with Crippen LogP contribution in [0, 0.1) is 0 Å². The Morgan fingerprint density at radius 1 is 0.811 bits per heavy atom. The summed E-state index contributed by atoms with van der Waals surface area (Å²) in [5.74, 6) is -3.52. The van der Waals surface area contributed by atoms with Crippen molar-refractivity contribution in [3.8, 4) is 0 Å². The van der Waals surface area contributed by atoms with E-state index in [1.165, 1.54) is 15.9 Å². The molecule has 2 fully saturated rings. The average Bonchev–Trinajstić information content (AvgIpc) is 3.93. The Bertz CT molecular complexity index is 2050. The first-order valence-electron chi connectivity index (χ1n) is 17.4. The van der Waals surface area contributed by atoms with Gasteiger partial charge in [-0.1, -0.05) is 36.4 Å². The van der Waals surface area contributed by atoms with Gasteiger partial charge in [-0.15, -0.1) is 5.06 Å². The SMILES string of the molecule is O=C(CC1Cc2ccccc2CN1C(=O)[C@@H]1C[C@@H](NC(=O)c2ccc3c(c2)B(O)OC3)CN1C(=O)c1ccc2c(c1)B(O)OC2)ON1C(=O)CCC1=O. The van der Waals surface area contributed by atoms with E-state index in [1.807, 2.05) is 24.3 Å². The Morgan fingerprint density at radius 2 is 1.43 bits per heavy atom. The van der Waals surface area contributed by atoms with E-state index < -0.39 is 67.9 Å². The number of fused-ring (bicyclic) bond motifs is 3. The fraction of sp³-hybridized carbons (Fsp3) is 0.333. The summed E-state index contributed by atoms with van der Waals surface area (Å²) in [5.41, 5.74) is 4.70. The molecule has 0 radical (unpaired) electrons. The molecule has 17 heteroatoms. The number of hydroxylamine groups is 2. The van der Waals surface area contributed by atoms with E-state index in [4.69, 9.17) is 14.1 Å². The minimum Gasteiger partial charge on any atom is -0.423 e. The van der Waals surface area contributed by atoms with Crippen LogP contribution in [0.4, 0.5) is 0 Å². The predicted octanol–water partition coefficient (Wildman–Crippen LogP) is -0.914. The number of hydrogen-bond acceptors (Lipinski definition) is 11. The highest BCUT2D eigenvalue weighted by Crippen LogP contribution is 2.31. The molecule has 2 saturated heterocycles. The van der Waals surface area contributed by atoms with Crippen molar-refractivity contribution in [2.45, 2.75) is 70.0 Å². The molecule has 5 heterocycles. The van der Waals surface area contributed by atoms with Crippen LogP contribution in [0.2, 0.25) is 0 Å². The number of hydrogen-bond donors (Lipinski definition) is 3. The van der Waals surface area contributed by atoms with Gasteiger partial charge >= 0.3 is 20.2 Å². The van der Waals surface area contributed by atoms with Crippen LogP contribution in [0.5, 0.6) is 0 Å². The summed E-state index contributed by atoms with van der Waals surface area (Å²) in [4.78, 5) is 88.1. The second kappa shape index (κ2) is 13.9. The Kier molecular flexibility index (Phi) is 9.10. The fourth-order valence-electron chi connectivity index (χ4n) is 7.75. The number of nitrogens with one attached hydrogen (secondary N) is 1. The van der Waals surface area contributed by atoms with Crippen LogP contribution in [0.1, 0.15) is 68.7 Å². The molecule has 8 rings (SSSR count). The fourth-order valence-corrected chi connectivity index (χ4v) is 7.75. The van der Waals surface area contributed by atoms with Crippen molar-refractivity contribution in [3.05, 3.63) is 94.0 Å². The van der Waals surface area contributed by atoms with E-state index in [2.05, 4.69) is 5.32 Å². The van der Waals surface area contributed by atoms with Crippen molar-refractivity contribution < 1.29 is 53.0 Å². The normalized spacial score (nSPS) is 21.8. The monoisotopic (exact) mass is 720 g/mol. The summed E-state index contributed by atoms with van der Waals surface area (Å²) in [7, 11) is -2.34. The van der Waals surface area contributed by atoms with Crippen LogP contribution in [-0.2, 0) is 59.5 Å². The number of carbonyl (C=O) groups is 6.